The predicted octanol–water partition coefficient (Wildman–Crippen LogP) is 4.50. The third-order valence-corrected chi connectivity index (χ3v) is 7.91. The first-order valence-electron chi connectivity index (χ1n) is 12.9. The molecule has 214 valence electrons. The summed E-state index contributed by atoms with van der Waals surface area (Å²) in [5.41, 5.74) is 0.622. The zero-order valence-corrected chi connectivity index (χ0v) is 23.5. The lowest BCUT2D eigenvalue weighted by Crippen LogP contribution is -2.52. The largest absolute Gasteiger partial charge is 0.494 e. The van der Waals surface area contributed by atoms with Crippen molar-refractivity contribution in [2.24, 2.45) is 0 Å². The normalized spacial score (nSPS) is 11.9. The molecule has 11 heteroatoms. The third kappa shape index (κ3) is 7.56. The van der Waals surface area contributed by atoms with Gasteiger partial charge in [-0.2, -0.15) is 0 Å². The van der Waals surface area contributed by atoms with Crippen LogP contribution in [-0.2, 0) is 26.2 Å². The molecule has 8 nitrogen and oxygen atoms in total. The van der Waals surface area contributed by atoms with Gasteiger partial charge in [0.1, 0.15) is 30.0 Å². The van der Waals surface area contributed by atoms with Crippen LogP contribution in [0.25, 0.3) is 0 Å². The van der Waals surface area contributed by atoms with Gasteiger partial charge in [0.25, 0.3) is 10.0 Å². The van der Waals surface area contributed by atoms with Crippen molar-refractivity contribution in [3.63, 3.8) is 0 Å². The quantitative estimate of drug-likeness (QED) is 0.325. The van der Waals surface area contributed by atoms with Crippen LogP contribution in [0.15, 0.2) is 77.7 Å². The minimum atomic E-state index is -4.31. The van der Waals surface area contributed by atoms with E-state index >= 15 is 0 Å². The average molecular weight is 574 g/mol. The van der Waals surface area contributed by atoms with Crippen LogP contribution in [0.3, 0.4) is 0 Å². The van der Waals surface area contributed by atoms with Gasteiger partial charge in [0.2, 0.25) is 11.8 Å². The number of rotatable bonds is 13. The van der Waals surface area contributed by atoms with Crippen molar-refractivity contribution in [1.29, 1.82) is 0 Å². The summed E-state index contributed by atoms with van der Waals surface area (Å²) in [5.74, 6) is -1.62. The van der Waals surface area contributed by atoms with E-state index in [-0.39, 0.29) is 23.5 Å². The monoisotopic (exact) mass is 573 g/mol. The van der Waals surface area contributed by atoms with E-state index in [1.807, 2.05) is 0 Å². The molecule has 3 rings (SSSR count). The number of likely N-dealkylation sites (N-methyl/N-ethyl adjacent to an activating group) is 1. The Balaban J connectivity index is 2.04. The lowest BCUT2D eigenvalue weighted by molar-refractivity contribution is -0.140. The second-order valence-corrected chi connectivity index (χ2v) is 10.7. The summed E-state index contributed by atoms with van der Waals surface area (Å²) in [6.07, 6.45) is 0.251. The van der Waals surface area contributed by atoms with Gasteiger partial charge >= 0.3 is 0 Å². The van der Waals surface area contributed by atoms with Crippen LogP contribution in [0.4, 0.5) is 14.5 Å². The van der Waals surface area contributed by atoms with Gasteiger partial charge in [-0.1, -0.05) is 19.1 Å². The Kier molecular flexibility index (Phi) is 10.6. The van der Waals surface area contributed by atoms with Gasteiger partial charge < -0.3 is 15.0 Å². The fraction of sp³-hybridized carbons (Fsp3) is 0.310. The molecule has 0 saturated heterocycles. The summed E-state index contributed by atoms with van der Waals surface area (Å²) in [4.78, 5) is 28.0. The molecule has 0 saturated carbocycles. The molecule has 0 bridgehead atoms. The van der Waals surface area contributed by atoms with Gasteiger partial charge in [0.05, 0.1) is 17.2 Å². The highest BCUT2D eigenvalue weighted by molar-refractivity contribution is 7.92. The molecule has 3 aromatic rings. The summed E-state index contributed by atoms with van der Waals surface area (Å²) in [7, 11) is -4.31. The molecule has 0 aliphatic heterocycles. The lowest BCUT2D eigenvalue weighted by atomic mass is 10.1. The Bertz CT molecular complexity index is 1380. The third-order valence-electron chi connectivity index (χ3n) is 6.12. The Morgan fingerprint density at radius 3 is 1.98 bits per heavy atom. The SMILES string of the molecule is CCNC(=O)[C@H](CC)N(Cc1ccc(F)cc1)C(=O)CN(c1ccc(F)cc1)S(=O)(=O)c1ccc(OCC)cc1. The molecular formula is C29H33F2N3O5S. The van der Waals surface area contributed by atoms with Crippen molar-refractivity contribution in [2.45, 2.75) is 44.7 Å². The van der Waals surface area contributed by atoms with Crippen LogP contribution in [-0.4, -0.2) is 50.9 Å². The summed E-state index contributed by atoms with van der Waals surface area (Å²) in [6.45, 7) is 5.29. The van der Waals surface area contributed by atoms with Gasteiger partial charge in [0, 0.05) is 13.1 Å². The molecule has 1 N–H and O–H groups in total. The fourth-order valence-electron chi connectivity index (χ4n) is 4.14. The Morgan fingerprint density at radius 1 is 0.875 bits per heavy atom. The van der Waals surface area contributed by atoms with Crippen molar-refractivity contribution in [3.05, 3.63) is 90.0 Å². The van der Waals surface area contributed by atoms with Gasteiger partial charge in [0.15, 0.2) is 0 Å². The van der Waals surface area contributed by atoms with Gasteiger partial charge in [-0.3, -0.25) is 13.9 Å². The fourth-order valence-corrected chi connectivity index (χ4v) is 5.55. The smallest absolute Gasteiger partial charge is 0.264 e. The van der Waals surface area contributed by atoms with E-state index in [2.05, 4.69) is 5.32 Å². The van der Waals surface area contributed by atoms with Gasteiger partial charge in [-0.25, -0.2) is 17.2 Å². The molecule has 0 aliphatic rings. The van der Waals surface area contributed by atoms with Gasteiger partial charge in [-0.15, -0.1) is 0 Å². The Labute approximate surface area is 233 Å². The number of hydrogen-bond acceptors (Lipinski definition) is 5. The number of hydrogen-bond donors (Lipinski definition) is 1. The van der Waals surface area contributed by atoms with E-state index in [1.165, 1.54) is 65.6 Å². The van der Waals surface area contributed by atoms with Gasteiger partial charge in [-0.05, 0) is 86.5 Å². The van der Waals surface area contributed by atoms with Crippen LogP contribution in [0.5, 0.6) is 5.75 Å². The minimum absolute atomic E-state index is 0.0604. The summed E-state index contributed by atoms with van der Waals surface area (Å²) in [6, 6.07) is 15.0. The number of amides is 2. The van der Waals surface area contributed by atoms with Crippen molar-refractivity contribution in [1.82, 2.24) is 10.2 Å². The summed E-state index contributed by atoms with van der Waals surface area (Å²) in [5, 5.41) is 2.71. The first-order valence-corrected chi connectivity index (χ1v) is 14.4. The van der Waals surface area contributed by atoms with E-state index in [0.717, 1.165) is 16.4 Å². The molecule has 2 amide bonds. The lowest BCUT2D eigenvalue weighted by Gasteiger charge is -2.33. The molecule has 0 unspecified atom stereocenters. The van der Waals surface area contributed by atoms with Crippen LogP contribution in [0.1, 0.15) is 32.8 Å². The number of anilines is 1. The van der Waals surface area contributed by atoms with Crippen molar-refractivity contribution in [2.75, 3.05) is 24.0 Å². The number of nitrogens with zero attached hydrogens (tertiary/aromatic N) is 2. The number of carbonyl (C=O) groups is 2. The predicted molar refractivity (Wildman–Crippen MR) is 148 cm³/mol. The first-order chi connectivity index (χ1) is 19.1. The molecule has 0 fully saturated rings. The topological polar surface area (TPSA) is 96.0 Å². The highest BCUT2D eigenvalue weighted by Gasteiger charge is 2.33. The van der Waals surface area contributed by atoms with Crippen LogP contribution in [0, 0.1) is 11.6 Å². The number of sulfonamides is 1. The molecular weight excluding hydrogens is 540 g/mol. The molecule has 0 radical (unpaired) electrons. The summed E-state index contributed by atoms with van der Waals surface area (Å²) >= 11 is 0. The number of benzene rings is 3. The second kappa shape index (κ2) is 13.9. The van der Waals surface area contributed by atoms with Crippen LogP contribution in [0.2, 0.25) is 0 Å². The minimum Gasteiger partial charge on any atom is -0.494 e. The Hall–Kier alpha value is -3.99. The summed E-state index contributed by atoms with van der Waals surface area (Å²) < 4.78 is 61.2. The average Bonchev–Trinajstić information content (AvgIpc) is 2.93. The van der Waals surface area contributed by atoms with Crippen LogP contribution >= 0.6 is 0 Å². The van der Waals surface area contributed by atoms with E-state index in [0.29, 0.717) is 24.5 Å². The Morgan fingerprint density at radius 2 is 1.45 bits per heavy atom. The maximum Gasteiger partial charge on any atom is 0.264 e. The zero-order chi connectivity index (χ0) is 29.3. The number of nitrogens with one attached hydrogen (secondary N) is 1. The molecule has 0 aliphatic carbocycles. The van der Waals surface area contributed by atoms with Crippen LogP contribution < -0.4 is 14.4 Å². The second-order valence-electron chi connectivity index (χ2n) is 8.86. The van der Waals surface area contributed by atoms with Crippen molar-refractivity contribution in [3.8, 4) is 5.75 Å². The van der Waals surface area contributed by atoms with E-state index in [9.17, 15) is 26.8 Å². The molecule has 0 heterocycles. The molecule has 3 aromatic carbocycles. The van der Waals surface area contributed by atoms with E-state index in [4.69, 9.17) is 4.74 Å². The highest BCUT2D eigenvalue weighted by Crippen LogP contribution is 2.26. The molecule has 1 atom stereocenters. The number of halogens is 2. The number of carbonyl (C=O) groups excluding carboxylic acids is 2. The first kappa shape index (κ1) is 30.6. The molecule has 40 heavy (non-hydrogen) atoms. The van der Waals surface area contributed by atoms with Crippen molar-refractivity contribution >= 4 is 27.5 Å². The maximum absolute atomic E-state index is 13.9. The van der Waals surface area contributed by atoms with E-state index < -0.39 is 46.1 Å². The maximum atomic E-state index is 13.9. The zero-order valence-electron chi connectivity index (χ0n) is 22.6. The van der Waals surface area contributed by atoms with Crippen molar-refractivity contribution < 1.29 is 31.5 Å². The van der Waals surface area contributed by atoms with E-state index in [1.54, 1.807) is 20.8 Å². The number of ether oxygens (including phenoxy) is 1. The molecule has 0 spiro atoms. The molecule has 0 aromatic heterocycles. The standard InChI is InChI=1S/C29H33F2N3O5S/c1-4-27(29(36)32-5-2)33(19-21-7-9-22(30)10-8-21)28(35)20-34(24-13-11-23(31)12-14-24)40(37,38)26-17-15-25(16-18-26)39-6-3/h7-18,27H,4-6,19-20H2,1-3H3,(H,32,36)/t27-/m0/s1. The highest BCUT2D eigenvalue weighted by atomic mass is 32.2.